The average Bonchev–Trinajstić information content (AvgIpc) is 2.72. The van der Waals surface area contributed by atoms with Gasteiger partial charge in [0.15, 0.2) is 0 Å². The van der Waals surface area contributed by atoms with Crippen molar-refractivity contribution < 1.29 is 9.21 Å². The van der Waals surface area contributed by atoms with Gasteiger partial charge >= 0.3 is 5.63 Å². The molecule has 0 bridgehead atoms. The van der Waals surface area contributed by atoms with Crippen LogP contribution in [0.4, 0.5) is 5.69 Å². The first-order chi connectivity index (χ1) is 13.9. The summed E-state index contributed by atoms with van der Waals surface area (Å²) >= 11 is 0. The van der Waals surface area contributed by atoms with Crippen molar-refractivity contribution in [1.29, 1.82) is 0 Å². The first-order valence-electron chi connectivity index (χ1n) is 9.67. The first-order valence-corrected chi connectivity index (χ1v) is 9.67. The number of hydrazone groups is 1. The van der Waals surface area contributed by atoms with Crippen LogP contribution in [0, 0.1) is 6.92 Å². The van der Waals surface area contributed by atoms with Crippen LogP contribution in [-0.2, 0) is 0 Å². The van der Waals surface area contributed by atoms with E-state index in [0.29, 0.717) is 22.4 Å². The monoisotopic (exact) mass is 391 g/mol. The van der Waals surface area contributed by atoms with Gasteiger partial charge in [-0.25, -0.2) is 10.2 Å². The SMILES string of the molecule is CCN(CC)c1ccc2cc(C(C)=NNC(=O)c3ccc(C)cc3)c(=O)oc2c1. The number of carbonyl (C=O) groups is 1. The minimum Gasteiger partial charge on any atom is -0.422 e. The van der Waals surface area contributed by atoms with Crippen molar-refractivity contribution in [3.8, 4) is 0 Å². The van der Waals surface area contributed by atoms with E-state index in [9.17, 15) is 9.59 Å². The predicted molar refractivity (Wildman–Crippen MR) is 117 cm³/mol. The molecule has 1 N–H and O–H groups in total. The minimum absolute atomic E-state index is 0.317. The third-order valence-electron chi connectivity index (χ3n) is 4.88. The number of carbonyl (C=O) groups excluding carboxylic acids is 1. The summed E-state index contributed by atoms with van der Waals surface area (Å²) in [6.07, 6.45) is 0. The van der Waals surface area contributed by atoms with E-state index in [-0.39, 0.29) is 5.91 Å². The summed E-state index contributed by atoms with van der Waals surface area (Å²) in [7, 11) is 0. The van der Waals surface area contributed by atoms with Crippen molar-refractivity contribution in [2.45, 2.75) is 27.7 Å². The zero-order chi connectivity index (χ0) is 21.0. The van der Waals surface area contributed by atoms with E-state index >= 15 is 0 Å². The fourth-order valence-corrected chi connectivity index (χ4v) is 3.10. The third kappa shape index (κ3) is 4.54. The summed E-state index contributed by atoms with van der Waals surface area (Å²) in [6.45, 7) is 9.52. The molecule has 0 radical (unpaired) electrons. The van der Waals surface area contributed by atoms with Gasteiger partial charge in [-0.1, -0.05) is 17.7 Å². The summed E-state index contributed by atoms with van der Waals surface area (Å²) in [5.74, 6) is -0.335. The number of rotatable bonds is 6. The number of amides is 1. The quantitative estimate of drug-likeness (QED) is 0.390. The Labute approximate surface area is 169 Å². The highest BCUT2D eigenvalue weighted by Gasteiger charge is 2.11. The highest BCUT2D eigenvalue weighted by molar-refractivity contribution is 6.02. The second-order valence-corrected chi connectivity index (χ2v) is 6.85. The Bertz CT molecular complexity index is 1110. The van der Waals surface area contributed by atoms with E-state index in [1.54, 1.807) is 25.1 Å². The number of hydrogen-bond donors (Lipinski definition) is 1. The maximum atomic E-state index is 12.5. The molecule has 0 saturated heterocycles. The molecular weight excluding hydrogens is 366 g/mol. The molecule has 0 aliphatic carbocycles. The van der Waals surface area contributed by atoms with E-state index in [1.165, 1.54) is 0 Å². The van der Waals surface area contributed by atoms with Crippen molar-refractivity contribution in [2.24, 2.45) is 5.10 Å². The van der Waals surface area contributed by atoms with E-state index < -0.39 is 5.63 Å². The molecule has 3 rings (SSSR count). The van der Waals surface area contributed by atoms with Crippen molar-refractivity contribution >= 4 is 28.3 Å². The van der Waals surface area contributed by atoms with Crippen molar-refractivity contribution in [3.05, 3.63) is 75.6 Å². The molecule has 0 aliphatic heterocycles. The van der Waals surface area contributed by atoms with Crippen LogP contribution >= 0.6 is 0 Å². The lowest BCUT2D eigenvalue weighted by Gasteiger charge is -2.21. The maximum Gasteiger partial charge on any atom is 0.345 e. The van der Waals surface area contributed by atoms with Crippen LogP contribution in [0.5, 0.6) is 0 Å². The van der Waals surface area contributed by atoms with Crippen LogP contribution in [0.1, 0.15) is 42.3 Å². The van der Waals surface area contributed by atoms with Gasteiger partial charge in [-0.15, -0.1) is 0 Å². The Hall–Kier alpha value is -3.41. The zero-order valence-electron chi connectivity index (χ0n) is 17.2. The molecule has 0 aliphatic rings. The molecule has 6 heteroatoms. The van der Waals surface area contributed by atoms with Crippen molar-refractivity contribution in [1.82, 2.24) is 5.43 Å². The predicted octanol–water partition coefficient (Wildman–Crippen LogP) is 4.10. The second-order valence-electron chi connectivity index (χ2n) is 6.85. The van der Waals surface area contributed by atoms with Gasteiger partial charge in [0, 0.05) is 35.8 Å². The Morgan fingerprint density at radius 2 is 1.76 bits per heavy atom. The fourth-order valence-electron chi connectivity index (χ4n) is 3.10. The van der Waals surface area contributed by atoms with E-state index in [4.69, 9.17) is 4.42 Å². The van der Waals surface area contributed by atoms with Gasteiger partial charge in [-0.05, 0) is 58.0 Å². The average molecular weight is 391 g/mol. The van der Waals surface area contributed by atoms with Crippen LogP contribution in [0.25, 0.3) is 11.0 Å². The first kappa shape index (κ1) is 20.3. The molecule has 1 amide bonds. The number of nitrogens with one attached hydrogen (secondary N) is 1. The smallest absolute Gasteiger partial charge is 0.345 e. The van der Waals surface area contributed by atoms with Crippen molar-refractivity contribution in [3.63, 3.8) is 0 Å². The van der Waals surface area contributed by atoms with Gasteiger partial charge in [0.25, 0.3) is 5.91 Å². The van der Waals surface area contributed by atoms with Crippen LogP contribution in [0.3, 0.4) is 0 Å². The summed E-state index contributed by atoms with van der Waals surface area (Å²) in [5, 5.41) is 4.88. The van der Waals surface area contributed by atoms with Gasteiger partial charge in [-0.3, -0.25) is 4.79 Å². The third-order valence-corrected chi connectivity index (χ3v) is 4.88. The summed E-state index contributed by atoms with van der Waals surface area (Å²) in [6, 6.07) is 14.7. The van der Waals surface area contributed by atoms with Crippen LogP contribution < -0.4 is 16.0 Å². The molecule has 2 aromatic carbocycles. The highest BCUT2D eigenvalue weighted by Crippen LogP contribution is 2.22. The van der Waals surface area contributed by atoms with Gasteiger partial charge in [-0.2, -0.15) is 5.10 Å². The van der Waals surface area contributed by atoms with Crippen molar-refractivity contribution in [2.75, 3.05) is 18.0 Å². The molecule has 150 valence electrons. The number of hydrogen-bond acceptors (Lipinski definition) is 5. The molecule has 6 nitrogen and oxygen atoms in total. The molecule has 1 heterocycles. The van der Waals surface area contributed by atoms with Gasteiger partial charge < -0.3 is 9.32 Å². The van der Waals surface area contributed by atoms with Crippen LogP contribution in [0.15, 0.2) is 62.8 Å². The molecule has 0 unspecified atom stereocenters. The van der Waals surface area contributed by atoms with Gasteiger partial charge in [0.05, 0.1) is 11.3 Å². The number of benzene rings is 2. The molecule has 29 heavy (non-hydrogen) atoms. The lowest BCUT2D eigenvalue weighted by molar-refractivity contribution is 0.0955. The largest absolute Gasteiger partial charge is 0.422 e. The summed E-state index contributed by atoms with van der Waals surface area (Å²) in [5.41, 5.74) is 5.81. The summed E-state index contributed by atoms with van der Waals surface area (Å²) in [4.78, 5) is 26.9. The minimum atomic E-state index is -0.486. The summed E-state index contributed by atoms with van der Waals surface area (Å²) < 4.78 is 5.52. The number of nitrogens with zero attached hydrogens (tertiary/aromatic N) is 2. The van der Waals surface area contributed by atoms with Gasteiger partial charge in [0.2, 0.25) is 0 Å². The van der Waals surface area contributed by atoms with Crippen LogP contribution in [0.2, 0.25) is 0 Å². The highest BCUT2D eigenvalue weighted by atomic mass is 16.4. The lowest BCUT2D eigenvalue weighted by atomic mass is 10.1. The molecular formula is C23H25N3O3. The molecule has 1 aromatic heterocycles. The van der Waals surface area contributed by atoms with E-state index in [0.717, 1.165) is 29.7 Å². The normalized spacial score (nSPS) is 11.5. The molecule has 0 spiro atoms. The molecule has 0 fully saturated rings. The lowest BCUT2D eigenvalue weighted by Crippen LogP contribution is -2.22. The zero-order valence-corrected chi connectivity index (χ0v) is 17.2. The Morgan fingerprint density at radius 3 is 2.41 bits per heavy atom. The Kier molecular flexibility index (Phi) is 6.12. The Morgan fingerprint density at radius 1 is 1.07 bits per heavy atom. The number of aryl methyl sites for hydroxylation is 1. The van der Waals surface area contributed by atoms with E-state index in [2.05, 4.69) is 29.3 Å². The maximum absolute atomic E-state index is 12.5. The van der Waals surface area contributed by atoms with Crippen LogP contribution in [-0.4, -0.2) is 24.7 Å². The molecule has 3 aromatic rings. The molecule has 0 saturated carbocycles. The number of anilines is 1. The van der Waals surface area contributed by atoms with Gasteiger partial charge in [0.1, 0.15) is 5.58 Å². The Balaban J connectivity index is 1.86. The number of fused-ring (bicyclic) bond motifs is 1. The van der Waals surface area contributed by atoms with E-state index in [1.807, 2.05) is 37.3 Å². The standard InChI is InChI=1S/C23H25N3O3/c1-5-26(6-2)19-12-11-18-13-20(23(28)29-21(18)14-19)16(4)24-25-22(27)17-9-7-15(3)8-10-17/h7-14H,5-6H2,1-4H3,(H,25,27). The second kappa shape index (κ2) is 8.73. The topological polar surface area (TPSA) is 74.9 Å². The fraction of sp³-hybridized carbons (Fsp3) is 0.261. The molecule has 0 atom stereocenters.